The molecule has 0 spiro atoms. The number of anilines is 1. The summed E-state index contributed by atoms with van der Waals surface area (Å²) in [6.45, 7) is 0.799. The molecule has 0 atom stereocenters. The van der Waals surface area contributed by atoms with Gasteiger partial charge in [0.25, 0.3) is 0 Å². The van der Waals surface area contributed by atoms with Gasteiger partial charge in [0.05, 0.1) is 12.3 Å². The van der Waals surface area contributed by atoms with Crippen molar-refractivity contribution in [1.82, 2.24) is 14.5 Å². The van der Waals surface area contributed by atoms with Gasteiger partial charge < -0.3 is 5.73 Å². The van der Waals surface area contributed by atoms with Crippen LogP contribution in [0, 0.1) is 0 Å². The lowest BCUT2D eigenvalue weighted by atomic mass is 10.2. The van der Waals surface area contributed by atoms with E-state index >= 15 is 0 Å². The Bertz CT molecular complexity index is 623. The number of para-hydroxylation sites is 1. The number of nitrogens with one attached hydrogen (secondary N) is 1. The molecule has 0 unspecified atom stereocenters. The van der Waals surface area contributed by atoms with E-state index in [0.717, 1.165) is 0 Å². The lowest BCUT2D eigenvalue weighted by molar-refractivity contribution is 0.560. The largest absolute Gasteiger partial charge is 0.398 e. The number of nitrogens with zero attached hydrogens (tertiary/aromatic N) is 2. The van der Waals surface area contributed by atoms with Gasteiger partial charge in [-0.3, -0.25) is 4.68 Å². The van der Waals surface area contributed by atoms with Gasteiger partial charge in [-0.2, -0.15) is 5.10 Å². The molecule has 1 heterocycles. The second-order valence-electron chi connectivity index (χ2n) is 4.12. The van der Waals surface area contributed by atoms with Crippen LogP contribution in [0.1, 0.15) is 5.56 Å². The molecule has 0 amide bonds. The summed E-state index contributed by atoms with van der Waals surface area (Å²) >= 11 is 0. The van der Waals surface area contributed by atoms with Crippen LogP contribution in [-0.4, -0.2) is 24.7 Å². The maximum absolute atomic E-state index is 11.9. The molecule has 0 aliphatic rings. The summed E-state index contributed by atoms with van der Waals surface area (Å²) in [7, 11) is -3.38. The molecule has 2 aromatic rings. The zero-order chi connectivity index (χ0) is 13.7. The molecule has 19 heavy (non-hydrogen) atoms. The Balaban J connectivity index is 1.90. The highest BCUT2D eigenvalue weighted by Crippen LogP contribution is 2.13. The highest BCUT2D eigenvalue weighted by atomic mass is 32.2. The molecular formula is C12H16N4O2S. The lowest BCUT2D eigenvalue weighted by Gasteiger charge is -2.08. The van der Waals surface area contributed by atoms with Crippen molar-refractivity contribution >= 4 is 15.7 Å². The molecule has 1 aromatic heterocycles. The maximum atomic E-state index is 11.9. The van der Waals surface area contributed by atoms with E-state index in [1.165, 1.54) is 0 Å². The zero-order valence-corrected chi connectivity index (χ0v) is 11.2. The summed E-state index contributed by atoms with van der Waals surface area (Å²) < 4.78 is 28.0. The molecule has 0 saturated heterocycles. The van der Waals surface area contributed by atoms with Crippen molar-refractivity contribution in [2.75, 3.05) is 12.3 Å². The number of hydrogen-bond acceptors (Lipinski definition) is 4. The van der Waals surface area contributed by atoms with Gasteiger partial charge in [-0.05, 0) is 17.7 Å². The lowest BCUT2D eigenvalue weighted by Crippen LogP contribution is -2.28. The van der Waals surface area contributed by atoms with Crippen molar-refractivity contribution in [3.05, 3.63) is 48.3 Å². The number of sulfonamides is 1. The Kier molecular flexibility index (Phi) is 4.18. The van der Waals surface area contributed by atoms with Gasteiger partial charge in [0, 0.05) is 24.6 Å². The zero-order valence-electron chi connectivity index (χ0n) is 10.4. The number of nitrogen functional groups attached to an aromatic ring is 1. The van der Waals surface area contributed by atoms with Crippen LogP contribution >= 0.6 is 0 Å². The number of rotatable bonds is 6. The van der Waals surface area contributed by atoms with E-state index < -0.39 is 10.0 Å². The van der Waals surface area contributed by atoms with Gasteiger partial charge in [-0.1, -0.05) is 18.2 Å². The number of aromatic nitrogens is 2. The van der Waals surface area contributed by atoms with Crippen LogP contribution in [0.4, 0.5) is 5.69 Å². The fraction of sp³-hybridized carbons (Fsp3) is 0.250. The van der Waals surface area contributed by atoms with Crippen LogP contribution in [0.25, 0.3) is 0 Å². The van der Waals surface area contributed by atoms with Crippen molar-refractivity contribution in [2.45, 2.75) is 12.3 Å². The van der Waals surface area contributed by atoms with Gasteiger partial charge in [0.15, 0.2) is 0 Å². The first-order valence-electron chi connectivity index (χ1n) is 5.85. The van der Waals surface area contributed by atoms with Gasteiger partial charge >= 0.3 is 0 Å². The molecule has 0 bridgehead atoms. The van der Waals surface area contributed by atoms with E-state index in [-0.39, 0.29) is 5.75 Å². The highest BCUT2D eigenvalue weighted by Gasteiger charge is 2.12. The number of nitrogens with two attached hydrogens (primary N) is 1. The Morgan fingerprint density at radius 1 is 1.26 bits per heavy atom. The molecule has 0 aliphatic heterocycles. The minimum Gasteiger partial charge on any atom is -0.398 e. The van der Waals surface area contributed by atoms with E-state index in [1.54, 1.807) is 47.4 Å². The summed E-state index contributed by atoms with van der Waals surface area (Å²) in [6, 6.07) is 8.73. The number of benzene rings is 1. The monoisotopic (exact) mass is 280 g/mol. The molecule has 0 radical (unpaired) electrons. The first-order valence-corrected chi connectivity index (χ1v) is 7.50. The third kappa shape index (κ3) is 4.08. The van der Waals surface area contributed by atoms with E-state index in [1.807, 2.05) is 0 Å². The fourth-order valence-electron chi connectivity index (χ4n) is 1.67. The van der Waals surface area contributed by atoms with Crippen LogP contribution in [0.3, 0.4) is 0 Å². The average Bonchev–Trinajstić information content (AvgIpc) is 2.85. The van der Waals surface area contributed by atoms with Gasteiger partial charge in [0.1, 0.15) is 0 Å². The molecule has 2 rings (SSSR count). The molecule has 3 N–H and O–H groups in total. The van der Waals surface area contributed by atoms with Crippen LogP contribution in [0.15, 0.2) is 42.7 Å². The molecule has 0 saturated carbocycles. The topological polar surface area (TPSA) is 90.0 Å². The molecule has 6 nitrogen and oxygen atoms in total. The fourth-order valence-corrected chi connectivity index (χ4v) is 2.85. The smallest absolute Gasteiger partial charge is 0.215 e. The summed E-state index contributed by atoms with van der Waals surface area (Å²) in [5, 5.41) is 4.00. The molecule has 7 heteroatoms. The number of hydrogen-bond donors (Lipinski definition) is 2. The second kappa shape index (κ2) is 5.85. The quantitative estimate of drug-likeness (QED) is 0.758. The third-order valence-electron chi connectivity index (χ3n) is 2.62. The normalized spacial score (nSPS) is 11.6. The molecule has 0 aliphatic carbocycles. The summed E-state index contributed by atoms with van der Waals surface area (Å²) in [6.07, 6.45) is 3.43. The first-order chi connectivity index (χ1) is 9.07. The predicted octanol–water partition coefficient (Wildman–Crippen LogP) is 0.585. The predicted molar refractivity (Wildman–Crippen MR) is 73.7 cm³/mol. The summed E-state index contributed by atoms with van der Waals surface area (Å²) in [5.74, 6) is -0.112. The Hall–Kier alpha value is -1.86. The van der Waals surface area contributed by atoms with Crippen molar-refractivity contribution in [2.24, 2.45) is 0 Å². The summed E-state index contributed by atoms with van der Waals surface area (Å²) in [5.41, 5.74) is 6.82. The van der Waals surface area contributed by atoms with E-state index in [0.29, 0.717) is 24.3 Å². The van der Waals surface area contributed by atoms with E-state index in [4.69, 9.17) is 5.73 Å². The molecule has 0 fully saturated rings. The van der Waals surface area contributed by atoms with Crippen LogP contribution in [0.5, 0.6) is 0 Å². The van der Waals surface area contributed by atoms with Crippen molar-refractivity contribution in [1.29, 1.82) is 0 Å². The molecule has 102 valence electrons. The molecular weight excluding hydrogens is 264 g/mol. The Morgan fingerprint density at radius 3 is 2.74 bits per heavy atom. The van der Waals surface area contributed by atoms with Gasteiger partial charge in [0.2, 0.25) is 10.0 Å². The van der Waals surface area contributed by atoms with Crippen molar-refractivity contribution in [3.63, 3.8) is 0 Å². The van der Waals surface area contributed by atoms with Crippen LogP contribution < -0.4 is 10.5 Å². The summed E-state index contributed by atoms with van der Waals surface area (Å²) in [4.78, 5) is 0. The van der Waals surface area contributed by atoms with Crippen LogP contribution in [-0.2, 0) is 22.3 Å². The first kappa shape index (κ1) is 13.6. The van der Waals surface area contributed by atoms with Crippen molar-refractivity contribution in [3.8, 4) is 0 Å². The van der Waals surface area contributed by atoms with E-state index in [9.17, 15) is 8.42 Å². The maximum Gasteiger partial charge on any atom is 0.215 e. The van der Waals surface area contributed by atoms with Gasteiger partial charge in [-0.15, -0.1) is 0 Å². The Labute approximate surface area is 112 Å². The second-order valence-corrected chi connectivity index (χ2v) is 5.93. The SMILES string of the molecule is Nc1ccccc1CS(=O)(=O)NCCn1cccn1. The third-order valence-corrected chi connectivity index (χ3v) is 3.96. The Morgan fingerprint density at radius 2 is 2.05 bits per heavy atom. The minimum atomic E-state index is -3.38. The molecule has 1 aromatic carbocycles. The standard InChI is InChI=1S/C12H16N4O2S/c13-12-5-2-1-4-11(12)10-19(17,18)15-7-9-16-8-3-6-14-16/h1-6,8,15H,7,9-10,13H2. The highest BCUT2D eigenvalue weighted by molar-refractivity contribution is 7.88. The van der Waals surface area contributed by atoms with Crippen molar-refractivity contribution < 1.29 is 8.42 Å². The van der Waals surface area contributed by atoms with E-state index in [2.05, 4.69) is 9.82 Å². The van der Waals surface area contributed by atoms with Gasteiger partial charge in [-0.25, -0.2) is 13.1 Å². The minimum absolute atomic E-state index is 0.112. The van der Waals surface area contributed by atoms with Crippen LogP contribution in [0.2, 0.25) is 0 Å². The average molecular weight is 280 g/mol.